The molecule has 16 heavy (non-hydrogen) atoms. The van der Waals surface area contributed by atoms with Crippen LogP contribution in [0.1, 0.15) is 38.5 Å². The first-order valence-corrected chi connectivity index (χ1v) is 8.02. The van der Waals surface area contributed by atoms with E-state index in [1.165, 1.54) is 0 Å². The molecule has 0 atom stereocenters. The van der Waals surface area contributed by atoms with Gasteiger partial charge in [-0.15, -0.1) is 0 Å². The molecule has 0 aromatic heterocycles. The van der Waals surface area contributed by atoms with Crippen LogP contribution >= 0.6 is 0 Å². The van der Waals surface area contributed by atoms with Crippen LogP contribution in [0.2, 0.25) is 0 Å². The third-order valence-electron chi connectivity index (χ3n) is 3.72. The summed E-state index contributed by atoms with van der Waals surface area (Å²) in [5, 5.41) is 12.9. The van der Waals surface area contributed by atoms with Gasteiger partial charge in [0.15, 0.2) is 0 Å². The van der Waals surface area contributed by atoms with Crippen molar-refractivity contribution in [2.45, 2.75) is 56.7 Å². The zero-order valence-electron chi connectivity index (χ0n) is 9.56. The van der Waals surface area contributed by atoms with Crippen LogP contribution in [-0.4, -0.2) is 43.2 Å². The Morgan fingerprint density at radius 2 is 1.38 bits per heavy atom. The van der Waals surface area contributed by atoms with E-state index in [4.69, 9.17) is 0 Å². The highest BCUT2D eigenvalue weighted by Gasteiger charge is 2.26. The monoisotopic (exact) mass is 247 g/mol. The third-order valence-corrected chi connectivity index (χ3v) is 5.44. The molecule has 0 aromatic rings. The third kappa shape index (κ3) is 3.43. The maximum absolute atomic E-state index is 11.3. The molecule has 2 aliphatic rings. The van der Waals surface area contributed by atoms with E-state index in [2.05, 4.69) is 5.32 Å². The lowest BCUT2D eigenvalue weighted by Gasteiger charge is -2.32. The van der Waals surface area contributed by atoms with Gasteiger partial charge in [0.05, 0.1) is 17.6 Å². The van der Waals surface area contributed by atoms with Gasteiger partial charge in [-0.1, -0.05) is 0 Å². The van der Waals surface area contributed by atoms with Crippen LogP contribution in [0.4, 0.5) is 0 Å². The minimum Gasteiger partial charge on any atom is -0.393 e. The van der Waals surface area contributed by atoms with E-state index in [9.17, 15) is 13.5 Å². The molecule has 1 saturated heterocycles. The van der Waals surface area contributed by atoms with Gasteiger partial charge in [-0.2, -0.15) is 0 Å². The van der Waals surface area contributed by atoms with E-state index in [0.29, 0.717) is 23.6 Å². The van der Waals surface area contributed by atoms with Gasteiger partial charge in [0, 0.05) is 12.1 Å². The summed E-state index contributed by atoms with van der Waals surface area (Å²) in [5.74, 6) is 0.667. The Morgan fingerprint density at radius 3 is 1.94 bits per heavy atom. The first-order chi connectivity index (χ1) is 7.55. The molecule has 0 spiro atoms. The summed E-state index contributed by atoms with van der Waals surface area (Å²) < 4.78 is 22.5. The highest BCUT2D eigenvalue weighted by Crippen LogP contribution is 2.21. The van der Waals surface area contributed by atoms with E-state index in [1.54, 1.807) is 0 Å². The van der Waals surface area contributed by atoms with E-state index in [1.807, 2.05) is 0 Å². The summed E-state index contributed by atoms with van der Waals surface area (Å²) in [6.45, 7) is 0. The lowest BCUT2D eigenvalue weighted by atomic mass is 9.92. The van der Waals surface area contributed by atoms with Crippen LogP contribution in [0, 0.1) is 0 Å². The van der Waals surface area contributed by atoms with Gasteiger partial charge < -0.3 is 10.4 Å². The Kier molecular flexibility index (Phi) is 3.87. The van der Waals surface area contributed by atoms with Gasteiger partial charge in [-0.3, -0.25) is 0 Å². The molecule has 0 radical (unpaired) electrons. The van der Waals surface area contributed by atoms with Crippen LogP contribution in [0.5, 0.6) is 0 Å². The molecule has 4 nitrogen and oxygen atoms in total. The number of hydrogen-bond acceptors (Lipinski definition) is 4. The molecule has 1 aliphatic heterocycles. The van der Waals surface area contributed by atoms with Crippen LogP contribution in [0.15, 0.2) is 0 Å². The first kappa shape index (κ1) is 12.3. The average molecular weight is 247 g/mol. The predicted octanol–water partition coefficient (Wildman–Crippen LogP) is 0.457. The van der Waals surface area contributed by atoms with Crippen molar-refractivity contribution in [2.75, 3.05) is 11.5 Å². The fourth-order valence-electron chi connectivity index (χ4n) is 2.63. The zero-order valence-corrected chi connectivity index (χ0v) is 10.4. The molecule has 2 rings (SSSR count). The summed E-state index contributed by atoms with van der Waals surface area (Å²) >= 11 is 0. The average Bonchev–Trinajstić information content (AvgIpc) is 2.24. The van der Waals surface area contributed by atoms with Crippen molar-refractivity contribution in [3.8, 4) is 0 Å². The van der Waals surface area contributed by atoms with E-state index >= 15 is 0 Å². The fourth-order valence-corrected chi connectivity index (χ4v) is 4.12. The Hall–Kier alpha value is -0.130. The van der Waals surface area contributed by atoms with Gasteiger partial charge in [-0.25, -0.2) is 8.42 Å². The van der Waals surface area contributed by atoms with Crippen LogP contribution in [0.3, 0.4) is 0 Å². The molecule has 0 amide bonds. The SMILES string of the molecule is O=S1(=O)CCC(NC2CCC(O)CC2)CC1. The normalized spacial score (nSPS) is 36.1. The van der Waals surface area contributed by atoms with Gasteiger partial charge >= 0.3 is 0 Å². The summed E-state index contributed by atoms with van der Waals surface area (Å²) in [4.78, 5) is 0. The van der Waals surface area contributed by atoms with Gasteiger partial charge in [0.1, 0.15) is 9.84 Å². The Balaban J connectivity index is 1.75. The highest BCUT2D eigenvalue weighted by molar-refractivity contribution is 7.91. The van der Waals surface area contributed by atoms with Crippen molar-refractivity contribution in [3.05, 3.63) is 0 Å². The molecular weight excluding hydrogens is 226 g/mol. The molecular formula is C11H21NO3S. The summed E-state index contributed by atoms with van der Waals surface area (Å²) in [6, 6.07) is 0.845. The Bertz CT molecular complexity index is 306. The molecule has 2 N–H and O–H groups in total. The number of hydrogen-bond donors (Lipinski definition) is 2. The topological polar surface area (TPSA) is 66.4 Å². The largest absolute Gasteiger partial charge is 0.393 e. The van der Waals surface area contributed by atoms with Gasteiger partial charge in [-0.05, 0) is 38.5 Å². The van der Waals surface area contributed by atoms with Crippen molar-refractivity contribution in [3.63, 3.8) is 0 Å². The second-order valence-corrected chi connectivity index (χ2v) is 7.40. The van der Waals surface area contributed by atoms with Crippen LogP contribution in [0.25, 0.3) is 0 Å². The summed E-state index contributed by atoms with van der Waals surface area (Å²) in [6.07, 6.45) is 5.17. The first-order valence-electron chi connectivity index (χ1n) is 6.20. The predicted molar refractivity (Wildman–Crippen MR) is 63.1 cm³/mol. The number of rotatable bonds is 2. The van der Waals surface area contributed by atoms with Crippen molar-refractivity contribution < 1.29 is 13.5 Å². The van der Waals surface area contributed by atoms with E-state index in [-0.39, 0.29) is 6.10 Å². The minimum absolute atomic E-state index is 0.121. The number of aliphatic hydroxyl groups is 1. The second-order valence-electron chi connectivity index (χ2n) is 5.10. The van der Waals surface area contributed by atoms with Gasteiger partial charge in [0.2, 0.25) is 0 Å². The van der Waals surface area contributed by atoms with Gasteiger partial charge in [0.25, 0.3) is 0 Å². The van der Waals surface area contributed by atoms with Crippen molar-refractivity contribution in [1.82, 2.24) is 5.32 Å². The molecule has 0 unspecified atom stereocenters. The maximum atomic E-state index is 11.3. The summed E-state index contributed by atoms with van der Waals surface area (Å²) in [5.41, 5.74) is 0. The Morgan fingerprint density at radius 1 is 0.875 bits per heavy atom. The molecule has 94 valence electrons. The standard InChI is InChI=1S/C11H21NO3S/c13-11-3-1-9(2-4-11)12-10-5-7-16(14,15)8-6-10/h9-13H,1-8H2. The van der Waals surface area contributed by atoms with E-state index < -0.39 is 9.84 Å². The Labute approximate surface area is 97.3 Å². The lowest BCUT2D eigenvalue weighted by Crippen LogP contribution is -2.44. The van der Waals surface area contributed by atoms with Crippen molar-refractivity contribution >= 4 is 9.84 Å². The van der Waals surface area contributed by atoms with E-state index in [0.717, 1.165) is 38.5 Å². The zero-order chi connectivity index (χ0) is 11.6. The minimum atomic E-state index is -2.75. The second kappa shape index (κ2) is 5.02. The molecule has 0 bridgehead atoms. The molecule has 1 saturated carbocycles. The number of nitrogens with one attached hydrogen (secondary N) is 1. The lowest BCUT2D eigenvalue weighted by molar-refractivity contribution is 0.113. The fraction of sp³-hybridized carbons (Fsp3) is 1.00. The molecule has 0 aromatic carbocycles. The number of aliphatic hydroxyl groups excluding tert-OH is 1. The highest BCUT2D eigenvalue weighted by atomic mass is 32.2. The molecule has 1 heterocycles. The van der Waals surface area contributed by atoms with Crippen molar-refractivity contribution in [1.29, 1.82) is 0 Å². The van der Waals surface area contributed by atoms with Crippen LogP contribution < -0.4 is 5.32 Å². The number of sulfone groups is 1. The summed E-state index contributed by atoms with van der Waals surface area (Å²) in [7, 11) is -2.75. The smallest absolute Gasteiger partial charge is 0.150 e. The van der Waals surface area contributed by atoms with Crippen LogP contribution in [-0.2, 0) is 9.84 Å². The maximum Gasteiger partial charge on any atom is 0.150 e. The quantitative estimate of drug-likeness (QED) is 0.744. The molecule has 5 heteroatoms. The van der Waals surface area contributed by atoms with Crippen molar-refractivity contribution in [2.24, 2.45) is 0 Å². The molecule has 2 fully saturated rings. The molecule has 1 aliphatic carbocycles.